The molecule has 0 bridgehead atoms. The maximum atomic E-state index is 14.3. The minimum Gasteiger partial charge on any atom is -0.446 e. The van der Waals surface area contributed by atoms with Gasteiger partial charge in [0.15, 0.2) is 0 Å². The Morgan fingerprint density at radius 1 is 1.14 bits per heavy atom. The first kappa shape index (κ1) is 36.9. The lowest BCUT2D eigenvalue weighted by Gasteiger charge is -2.39. The molecule has 4 amide bonds. The molecule has 3 heterocycles. The highest BCUT2D eigenvalue weighted by atomic mass is 32.2. The maximum absolute atomic E-state index is 14.3. The zero-order valence-corrected chi connectivity index (χ0v) is 30.3. The summed E-state index contributed by atoms with van der Waals surface area (Å²) in [5.74, 6) is -2.52. The lowest BCUT2D eigenvalue weighted by atomic mass is 9.99. The smallest absolute Gasteiger partial charge is 0.408 e. The third-order valence-corrected chi connectivity index (χ3v) is 13.5. The summed E-state index contributed by atoms with van der Waals surface area (Å²) in [4.78, 5) is 56.2. The van der Waals surface area contributed by atoms with Crippen LogP contribution in [0.1, 0.15) is 71.6 Å². The number of amides is 4. The van der Waals surface area contributed by atoms with Crippen molar-refractivity contribution in [3.05, 3.63) is 36.3 Å². The van der Waals surface area contributed by atoms with Gasteiger partial charge >= 0.3 is 6.09 Å². The van der Waals surface area contributed by atoms with Crippen LogP contribution in [0.15, 0.2) is 36.3 Å². The number of rotatable bonds is 14. The molecule has 276 valence electrons. The zero-order chi connectivity index (χ0) is 35.8. The van der Waals surface area contributed by atoms with Crippen LogP contribution in [0, 0.1) is 5.92 Å². The highest BCUT2D eigenvalue weighted by Gasteiger charge is 2.62. The van der Waals surface area contributed by atoms with Gasteiger partial charge in [-0.3, -0.25) is 24.4 Å². The molecule has 3 aliphatic carbocycles. The van der Waals surface area contributed by atoms with Gasteiger partial charge < -0.3 is 29.7 Å². The van der Waals surface area contributed by atoms with Crippen LogP contribution in [0.5, 0.6) is 0 Å². The Kier molecular flexibility index (Phi) is 11.0. The van der Waals surface area contributed by atoms with Gasteiger partial charge in [-0.05, 0) is 69.8 Å². The fourth-order valence-corrected chi connectivity index (χ4v) is 9.98. The predicted octanol–water partition coefficient (Wildman–Crippen LogP) is 1.98. The number of hydrogen-bond acceptors (Lipinski definition) is 11. The maximum Gasteiger partial charge on any atom is 0.408 e. The number of piperidine rings is 1. The van der Waals surface area contributed by atoms with Crippen LogP contribution < -0.4 is 20.7 Å². The van der Waals surface area contributed by atoms with Crippen molar-refractivity contribution in [1.29, 1.82) is 0 Å². The number of carbonyl (C=O) groups excluding carboxylic acids is 4. The van der Waals surface area contributed by atoms with Gasteiger partial charge in [0.1, 0.15) is 30.0 Å². The van der Waals surface area contributed by atoms with E-state index in [2.05, 4.69) is 39.9 Å². The molecule has 16 heteroatoms. The van der Waals surface area contributed by atoms with Crippen molar-refractivity contribution in [3.63, 3.8) is 0 Å². The molecule has 0 radical (unpaired) electrons. The minimum absolute atomic E-state index is 0.0346. The molecule has 3 saturated carbocycles. The summed E-state index contributed by atoms with van der Waals surface area (Å²) < 4.78 is 45.6. The molecule has 4 N–H and O–H groups in total. The van der Waals surface area contributed by atoms with Crippen molar-refractivity contribution in [3.8, 4) is 0 Å². The lowest BCUT2D eigenvalue weighted by molar-refractivity contribution is -0.140. The Morgan fingerprint density at radius 3 is 2.52 bits per heavy atom. The third-order valence-electron chi connectivity index (χ3n) is 10.5. The van der Waals surface area contributed by atoms with Crippen molar-refractivity contribution >= 4 is 45.6 Å². The SMILES string of the molecule is C=C[C@@H]1C[C@]1(NC(=O)[C@@H]1C[C@@H](OC2CC(OCC)NC3C=CSC32)CN1C(=O)[C@@H](NC(=O)OC1CCCC1)C(=C)C)C(=O)NS(=O)(=O)C1CC1. The van der Waals surface area contributed by atoms with Crippen molar-refractivity contribution < 1.29 is 41.8 Å². The first-order valence-corrected chi connectivity index (χ1v) is 20.1. The second-order valence-corrected chi connectivity index (χ2v) is 17.3. The first-order valence-electron chi connectivity index (χ1n) is 17.6. The van der Waals surface area contributed by atoms with Crippen LogP contribution in [0.25, 0.3) is 0 Å². The average Bonchev–Trinajstić information content (AvgIpc) is 3.85. The lowest BCUT2D eigenvalue weighted by Crippen LogP contribution is -2.58. The van der Waals surface area contributed by atoms with Crippen molar-refractivity contribution in [2.24, 2.45) is 5.92 Å². The van der Waals surface area contributed by atoms with E-state index in [0.29, 0.717) is 31.4 Å². The summed E-state index contributed by atoms with van der Waals surface area (Å²) in [6, 6.07) is -2.24. The molecular weight excluding hydrogens is 687 g/mol. The molecular formula is C34H49N5O9S2. The quantitative estimate of drug-likeness (QED) is 0.192. The minimum atomic E-state index is -3.88. The van der Waals surface area contributed by atoms with E-state index in [1.807, 2.05) is 12.3 Å². The summed E-state index contributed by atoms with van der Waals surface area (Å²) in [6.07, 6.45) is 6.80. The average molecular weight is 736 g/mol. The Bertz CT molecular complexity index is 1510. The molecule has 6 rings (SSSR count). The Morgan fingerprint density at radius 2 is 1.88 bits per heavy atom. The van der Waals surface area contributed by atoms with E-state index in [1.165, 1.54) is 11.0 Å². The van der Waals surface area contributed by atoms with Gasteiger partial charge in [0, 0.05) is 38.0 Å². The topological polar surface area (TPSA) is 181 Å². The van der Waals surface area contributed by atoms with Crippen LogP contribution in [0.3, 0.4) is 0 Å². The third kappa shape index (κ3) is 7.93. The van der Waals surface area contributed by atoms with Gasteiger partial charge in [0.05, 0.1) is 22.7 Å². The molecule has 4 unspecified atom stereocenters. The van der Waals surface area contributed by atoms with Gasteiger partial charge in [0.25, 0.3) is 5.91 Å². The van der Waals surface area contributed by atoms with Gasteiger partial charge in [-0.1, -0.05) is 18.7 Å². The second-order valence-electron chi connectivity index (χ2n) is 14.3. The van der Waals surface area contributed by atoms with E-state index in [4.69, 9.17) is 14.2 Å². The molecule has 5 fully saturated rings. The Labute approximate surface area is 298 Å². The van der Waals surface area contributed by atoms with E-state index in [-0.39, 0.29) is 49.1 Å². The molecule has 0 aromatic carbocycles. The van der Waals surface area contributed by atoms with Crippen molar-refractivity contribution in [1.82, 2.24) is 25.6 Å². The van der Waals surface area contributed by atoms with Gasteiger partial charge in [0.2, 0.25) is 21.8 Å². The summed E-state index contributed by atoms with van der Waals surface area (Å²) in [6.45, 7) is 11.8. The van der Waals surface area contributed by atoms with E-state index in [0.717, 1.165) is 25.7 Å². The van der Waals surface area contributed by atoms with Crippen LogP contribution in [0.2, 0.25) is 0 Å². The predicted molar refractivity (Wildman–Crippen MR) is 186 cm³/mol. The fourth-order valence-electron chi connectivity index (χ4n) is 7.49. The number of nitrogens with zero attached hydrogens (tertiary/aromatic N) is 1. The standard InChI is InChI=1S/C34H49N5O9S2/c1-5-20-17-34(20,32(42)38-50(44,45)23-11-12-23)37-30(40)25-15-22(47-26-16-27(46-6-2)35-24-13-14-49-29(24)26)18-39(25)31(41)28(19(3)4)36-33(43)48-21-9-7-8-10-21/h5,13-14,20-29,35H,1,3,6-12,15-18H2,2,4H3,(H,36,43)(H,37,40)(H,38,42)/t20-,22-,24?,25+,26?,27?,28+,29?,34-/m1/s1. The van der Waals surface area contributed by atoms with Gasteiger partial charge in [-0.2, -0.15) is 0 Å². The summed E-state index contributed by atoms with van der Waals surface area (Å²) in [5.41, 5.74) is -1.17. The monoisotopic (exact) mass is 735 g/mol. The number of ether oxygens (including phenoxy) is 3. The van der Waals surface area contributed by atoms with E-state index in [9.17, 15) is 27.6 Å². The number of alkyl carbamates (subject to hydrolysis) is 1. The van der Waals surface area contributed by atoms with Crippen LogP contribution >= 0.6 is 11.8 Å². The number of likely N-dealkylation sites (tertiary alicyclic amines) is 1. The van der Waals surface area contributed by atoms with Crippen LogP contribution in [-0.4, -0.2) is 109 Å². The highest BCUT2D eigenvalue weighted by Crippen LogP contribution is 2.46. The molecule has 3 aliphatic heterocycles. The van der Waals surface area contributed by atoms with Crippen LogP contribution in [0.4, 0.5) is 4.79 Å². The molecule has 0 aromatic rings. The van der Waals surface area contributed by atoms with Crippen molar-refractivity contribution in [2.75, 3.05) is 13.2 Å². The highest BCUT2D eigenvalue weighted by molar-refractivity contribution is 8.03. The molecule has 14 nitrogen and oxygen atoms in total. The number of fused-ring (bicyclic) bond motifs is 1. The Balaban J connectivity index is 1.21. The van der Waals surface area contributed by atoms with Crippen LogP contribution in [-0.2, 0) is 38.6 Å². The fraction of sp³-hybridized carbons (Fsp3) is 0.706. The molecule has 2 saturated heterocycles. The number of nitrogens with one attached hydrogen (secondary N) is 4. The normalized spacial score (nSPS) is 34.0. The molecule has 6 aliphatic rings. The summed E-state index contributed by atoms with van der Waals surface area (Å²) in [7, 11) is -3.88. The summed E-state index contributed by atoms with van der Waals surface area (Å²) in [5, 5.41) is 10.4. The largest absolute Gasteiger partial charge is 0.446 e. The van der Waals surface area contributed by atoms with Gasteiger partial charge in [-0.15, -0.1) is 18.3 Å². The molecule has 50 heavy (non-hydrogen) atoms. The molecule has 9 atom stereocenters. The van der Waals surface area contributed by atoms with E-state index < -0.39 is 68.7 Å². The second kappa shape index (κ2) is 15.0. The Hall–Kier alpha value is -2.92. The molecule has 0 aromatic heterocycles. The number of hydrogen-bond donors (Lipinski definition) is 4. The first-order chi connectivity index (χ1) is 23.8. The number of carbonyl (C=O) groups is 4. The van der Waals surface area contributed by atoms with Gasteiger partial charge in [-0.25, -0.2) is 13.2 Å². The number of thioether (sulfide) groups is 1. The van der Waals surface area contributed by atoms with E-state index >= 15 is 0 Å². The summed E-state index contributed by atoms with van der Waals surface area (Å²) >= 11 is 1.65. The zero-order valence-electron chi connectivity index (χ0n) is 28.6. The van der Waals surface area contributed by atoms with E-state index in [1.54, 1.807) is 18.7 Å². The molecule has 0 spiro atoms. The van der Waals surface area contributed by atoms with Crippen molar-refractivity contribution in [2.45, 2.75) is 130 Å². The number of sulfonamides is 1.